The van der Waals surface area contributed by atoms with E-state index in [0.29, 0.717) is 22.8 Å². The van der Waals surface area contributed by atoms with Crippen LogP contribution in [0.5, 0.6) is 17.2 Å². The van der Waals surface area contributed by atoms with Gasteiger partial charge in [-0.05, 0) is 35.9 Å². The maximum Gasteiger partial charge on any atom is 0.363 e. The largest absolute Gasteiger partial charge is 0.493 e. The third-order valence-electron chi connectivity index (χ3n) is 4.00. The maximum atomic E-state index is 12.2. The van der Waals surface area contributed by atoms with Crippen LogP contribution in [0.1, 0.15) is 11.1 Å². The lowest BCUT2D eigenvalue weighted by Gasteiger charge is -2.12. The normalized spacial score (nSPS) is 14.4. The van der Waals surface area contributed by atoms with Gasteiger partial charge in [0.25, 0.3) is 5.69 Å². The van der Waals surface area contributed by atoms with Gasteiger partial charge in [0.1, 0.15) is 5.02 Å². The van der Waals surface area contributed by atoms with E-state index < -0.39 is 10.9 Å². The molecule has 0 aromatic heterocycles. The quantitative estimate of drug-likeness (QED) is 0.305. The number of carbonyl (C=O) groups is 1. The third-order valence-corrected chi connectivity index (χ3v) is 4.32. The average molecular weight is 419 g/mol. The van der Waals surface area contributed by atoms with Crippen molar-refractivity contribution in [2.45, 2.75) is 0 Å². The van der Waals surface area contributed by atoms with E-state index in [9.17, 15) is 14.9 Å². The van der Waals surface area contributed by atoms with Crippen molar-refractivity contribution in [1.82, 2.24) is 0 Å². The second kappa shape index (κ2) is 8.19. The van der Waals surface area contributed by atoms with E-state index in [1.54, 1.807) is 12.1 Å². The van der Waals surface area contributed by atoms with Gasteiger partial charge in [-0.3, -0.25) is 10.1 Å². The van der Waals surface area contributed by atoms with Crippen molar-refractivity contribution in [3.05, 3.63) is 62.3 Å². The number of cyclic esters (lactones) is 1. The van der Waals surface area contributed by atoms with Gasteiger partial charge in [0.15, 0.2) is 17.2 Å². The number of esters is 1. The fraction of sp³-hybridized carbons (Fsp3) is 0.158. The Hall–Kier alpha value is -3.59. The molecular formula is C19H15ClN2O7. The Morgan fingerprint density at radius 2 is 1.76 bits per heavy atom. The summed E-state index contributed by atoms with van der Waals surface area (Å²) >= 11 is 5.81. The molecule has 0 saturated carbocycles. The second-order valence-corrected chi connectivity index (χ2v) is 6.13. The van der Waals surface area contributed by atoms with Crippen LogP contribution in [0.25, 0.3) is 6.08 Å². The molecule has 0 bridgehead atoms. The molecule has 9 nitrogen and oxygen atoms in total. The summed E-state index contributed by atoms with van der Waals surface area (Å²) in [7, 11) is 4.43. The molecule has 29 heavy (non-hydrogen) atoms. The zero-order chi connectivity index (χ0) is 21.1. The number of hydrogen-bond acceptors (Lipinski definition) is 8. The highest BCUT2D eigenvalue weighted by Gasteiger charge is 2.26. The maximum absolute atomic E-state index is 12.2. The molecule has 0 saturated heterocycles. The molecule has 1 aliphatic heterocycles. The summed E-state index contributed by atoms with van der Waals surface area (Å²) in [5, 5.41) is 11.0. The van der Waals surface area contributed by atoms with Crippen LogP contribution in [-0.2, 0) is 9.53 Å². The Kier molecular flexibility index (Phi) is 5.69. The van der Waals surface area contributed by atoms with Gasteiger partial charge in [-0.1, -0.05) is 11.6 Å². The van der Waals surface area contributed by atoms with Gasteiger partial charge in [-0.15, -0.1) is 0 Å². The molecule has 1 heterocycles. The molecule has 1 aliphatic rings. The lowest BCUT2D eigenvalue weighted by molar-refractivity contribution is -0.384. The highest BCUT2D eigenvalue weighted by molar-refractivity contribution is 6.32. The highest BCUT2D eigenvalue weighted by atomic mass is 35.5. The van der Waals surface area contributed by atoms with Crippen LogP contribution in [0.2, 0.25) is 5.02 Å². The molecule has 0 aliphatic carbocycles. The predicted molar refractivity (Wildman–Crippen MR) is 105 cm³/mol. The zero-order valence-electron chi connectivity index (χ0n) is 15.6. The first-order valence-corrected chi connectivity index (χ1v) is 8.52. The number of aliphatic imine (C=N–C) groups is 1. The van der Waals surface area contributed by atoms with Gasteiger partial charge < -0.3 is 18.9 Å². The van der Waals surface area contributed by atoms with Crippen molar-refractivity contribution in [3.8, 4) is 17.2 Å². The first-order valence-electron chi connectivity index (χ1n) is 8.14. The summed E-state index contributed by atoms with van der Waals surface area (Å²) in [4.78, 5) is 26.8. The number of nitro benzene ring substituents is 1. The molecule has 0 amide bonds. The molecule has 0 atom stereocenters. The number of nitro groups is 1. The Labute approximate surface area is 170 Å². The molecule has 3 rings (SSSR count). The van der Waals surface area contributed by atoms with Gasteiger partial charge in [-0.2, -0.15) is 0 Å². The van der Waals surface area contributed by atoms with Crippen LogP contribution < -0.4 is 14.2 Å². The van der Waals surface area contributed by atoms with Crippen LogP contribution in [0.4, 0.5) is 5.69 Å². The van der Waals surface area contributed by atoms with Crippen molar-refractivity contribution in [3.63, 3.8) is 0 Å². The fourth-order valence-electron chi connectivity index (χ4n) is 2.66. The highest BCUT2D eigenvalue weighted by Crippen LogP contribution is 2.39. The molecule has 0 fully saturated rings. The van der Waals surface area contributed by atoms with E-state index >= 15 is 0 Å². The predicted octanol–water partition coefficient (Wildman–Crippen LogP) is 3.62. The van der Waals surface area contributed by atoms with Crippen molar-refractivity contribution in [2.75, 3.05) is 21.3 Å². The molecule has 0 radical (unpaired) electrons. The second-order valence-electron chi connectivity index (χ2n) is 5.72. The van der Waals surface area contributed by atoms with Gasteiger partial charge in [0.05, 0.1) is 26.3 Å². The van der Waals surface area contributed by atoms with Crippen LogP contribution in [0.15, 0.2) is 41.0 Å². The molecule has 2 aromatic rings. The van der Waals surface area contributed by atoms with E-state index in [-0.39, 0.29) is 27.9 Å². The van der Waals surface area contributed by atoms with Crippen LogP contribution >= 0.6 is 11.6 Å². The summed E-state index contributed by atoms with van der Waals surface area (Å²) in [5.74, 6) is 0.453. The standard InChI is InChI=1S/C19H15ClN2O7/c1-26-15-7-10(8-16(27-2)17(15)28-3)6-13-19(23)29-18(21-13)11-4-5-12(20)14(9-11)22(24)25/h4-9H,1-3H3/b13-6+. The van der Waals surface area contributed by atoms with Gasteiger partial charge in [-0.25, -0.2) is 9.79 Å². The van der Waals surface area contributed by atoms with Crippen LogP contribution in [0.3, 0.4) is 0 Å². The minimum Gasteiger partial charge on any atom is -0.493 e. The molecular weight excluding hydrogens is 404 g/mol. The molecule has 150 valence electrons. The summed E-state index contributed by atoms with van der Waals surface area (Å²) < 4.78 is 21.0. The van der Waals surface area contributed by atoms with Crippen molar-refractivity contribution in [2.24, 2.45) is 4.99 Å². The van der Waals surface area contributed by atoms with E-state index in [2.05, 4.69) is 4.99 Å². The summed E-state index contributed by atoms with van der Waals surface area (Å²) in [5.41, 5.74) is 0.498. The van der Waals surface area contributed by atoms with E-state index in [4.69, 9.17) is 30.5 Å². The topological polar surface area (TPSA) is 109 Å². The Morgan fingerprint density at radius 1 is 1.10 bits per heavy atom. The van der Waals surface area contributed by atoms with Crippen molar-refractivity contribution in [1.29, 1.82) is 0 Å². The number of ether oxygens (including phenoxy) is 4. The summed E-state index contributed by atoms with van der Waals surface area (Å²) in [6.45, 7) is 0. The number of hydrogen-bond donors (Lipinski definition) is 0. The van der Waals surface area contributed by atoms with Crippen molar-refractivity contribution < 1.29 is 28.7 Å². The lowest BCUT2D eigenvalue weighted by Crippen LogP contribution is -2.06. The van der Waals surface area contributed by atoms with Crippen LogP contribution in [0, 0.1) is 10.1 Å². The van der Waals surface area contributed by atoms with E-state index in [0.717, 1.165) is 0 Å². The lowest BCUT2D eigenvalue weighted by atomic mass is 10.1. The Morgan fingerprint density at radius 3 is 2.31 bits per heavy atom. The molecule has 10 heteroatoms. The van der Waals surface area contributed by atoms with Crippen molar-refractivity contribution >= 4 is 35.2 Å². The van der Waals surface area contributed by atoms with Crippen LogP contribution in [-0.4, -0.2) is 38.1 Å². The molecule has 0 unspecified atom stereocenters. The monoisotopic (exact) mass is 418 g/mol. The minimum absolute atomic E-state index is 0.00637. The number of methoxy groups -OCH3 is 3. The number of rotatable bonds is 6. The van der Waals surface area contributed by atoms with Gasteiger partial charge in [0.2, 0.25) is 11.6 Å². The average Bonchev–Trinajstić information content (AvgIpc) is 3.07. The summed E-state index contributed by atoms with van der Waals surface area (Å²) in [6.07, 6.45) is 1.48. The van der Waals surface area contributed by atoms with Gasteiger partial charge in [0, 0.05) is 11.6 Å². The first-order chi connectivity index (χ1) is 13.9. The Balaban J connectivity index is 2.01. The fourth-order valence-corrected chi connectivity index (χ4v) is 2.85. The SMILES string of the molecule is COc1cc(/C=C2/N=C(c3ccc(Cl)c([N+](=O)[O-])c3)OC2=O)cc(OC)c1OC. The third kappa shape index (κ3) is 3.99. The molecule has 0 spiro atoms. The number of halogens is 1. The number of nitrogens with zero attached hydrogens (tertiary/aromatic N) is 2. The first kappa shape index (κ1) is 20.2. The summed E-state index contributed by atoms with van der Waals surface area (Å²) in [6, 6.07) is 7.29. The molecule has 0 N–H and O–H groups in total. The molecule has 2 aromatic carbocycles. The Bertz CT molecular complexity index is 1040. The number of benzene rings is 2. The van der Waals surface area contributed by atoms with Gasteiger partial charge >= 0.3 is 5.97 Å². The smallest absolute Gasteiger partial charge is 0.363 e. The van der Waals surface area contributed by atoms with E-state index in [1.807, 2.05) is 0 Å². The van der Waals surface area contributed by atoms with E-state index in [1.165, 1.54) is 45.6 Å². The minimum atomic E-state index is -0.702. The zero-order valence-corrected chi connectivity index (χ0v) is 16.4. The number of carbonyl (C=O) groups excluding carboxylic acids is 1.